The van der Waals surface area contributed by atoms with Crippen LogP contribution in [0.15, 0.2) is 42.5 Å². The molecule has 2 atom stereocenters. The van der Waals surface area contributed by atoms with E-state index in [0.29, 0.717) is 6.04 Å². The fraction of sp³-hybridized carbons (Fsp3) is 0.381. The molecule has 2 aromatic heterocycles. The molecule has 1 aliphatic carbocycles. The van der Waals surface area contributed by atoms with E-state index in [4.69, 9.17) is 4.98 Å². The molecular formula is C21H22IN3. The van der Waals surface area contributed by atoms with Gasteiger partial charge in [-0.1, -0.05) is 38.3 Å². The molecular weight excluding hydrogens is 421 g/mol. The Labute approximate surface area is 161 Å². The zero-order valence-electron chi connectivity index (χ0n) is 14.5. The molecule has 0 aliphatic heterocycles. The summed E-state index contributed by atoms with van der Waals surface area (Å²) >= 11 is 2.41. The van der Waals surface area contributed by atoms with Gasteiger partial charge in [0.1, 0.15) is 0 Å². The quantitative estimate of drug-likeness (QED) is 0.254. The van der Waals surface area contributed by atoms with Crippen molar-refractivity contribution in [2.75, 3.05) is 0 Å². The molecule has 0 N–H and O–H groups in total. The molecule has 0 radical (unpaired) electrons. The topological polar surface area (TPSA) is 22.2 Å². The second-order valence-corrected chi connectivity index (χ2v) is 8.76. The Hall–Kier alpha value is -1.56. The molecule has 4 aromatic rings. The lowest BCUT2D eigenvalue weighted by Crippen LogP contribution is -2.11. The summed E-state index contributed by atoms with van der Waals surface area (Å²) in [5.41, 5.74) is 4.92. The van der Waals surface area contributed by atoms with Gasteiger partial charge in [-0.05, 0) is 71.7 Å². The van der Waals surface area contributed by atoms with Crippen LogP contribution in [0.25, 0.3) is 27.8 Å². The Balaban J connectivity index is 1.86. The highest BCUT2D eigenvalue weighted by Crippen LogP contribution is 2.37. The number of para-hydroxylation sites is 2. The van der Waals surface area contributed by atoms with Crippen LogP contribution in [0.1, 0.15) is 45.1 Å². The van der Waals surface area contributed by atoms with E-state index in [2.05, 4.69) is 80.9 Å². The van der Waals surface area contributed by atoms with Crippen LogP contribution in [-0.2, 0) is 0 Å². The first-order valence-corrected chi connectivity index (χ1v) is 10.4. The van der Waals surface area contributed by atoms with Gasteiger partial charge < -0.3 is 4.57 Å². The first-order valence-electron chi connectivity index (χ1n) is 9.29. The Morgan fingerprint density at radius 1 is 1.00 bits per heavy atom. The SMILES string of the molecule is C[C@@H]1CCCCC(n2c3ccc(I)cc3n3c4ccccc4nc23)C1. The van der Waals surface area contributed by atoms with Gasteiger partial charge in [0.05, 0.1) is 22.1 Å². The number of hydrogen-bond acceptors (Lipinski definition) is 1. The van der Waals surface area contributed by atoms with Gasteiger partial charge in [-0.2, -0.15) is 0 Å². The molecule has 25 heavy (non-hydrogen) atoms. The molecule has 128 valence electrons. The Kier molecular flexibility index (Phi) is 3.77. The summed E-state index contributed by atoms with van der Waals surface area (Å²) in [6, 6.07) is 15.9. The van der Waals surface area contributed by atoms with Crippen molar-refractivity contribution in [2.24, 2.45) is 5.92 Å². The lowest BCUT2D eigenvalue weighted by molar-refractivity contribution is 0.401. The van der Waals surface area contributed by atoms with Gasteiger partial charge in [-0.25, -0.2) is 4.98 Å². The first-order chi connectivity index (χ1) is 12.2. The van der Waals surface area contributed by atoms with E-state index >= 15 is 0 Å². The molecule has 3 nitrogen and oxygen atoms in total. The summed E-state index contributed by atoms with van der Waals surface area (Å²) in [5, 5.41) is 0. The summed E-state index contributed by atoms with van der Waals surface area (Å²) in [6.45, 7) is 2.41. The smallest absolute Gasteiger partial charge is 0.216 e. The van der Waals surface area contributed by atoms with Crippen molar-refractivity contribution in [3.05, 3.63) is 46.0 Å². The normalized spacial score (nSPS) is 22.0. The van der Waals surface area contributed by atoms with Crippen LogP contribution >= 0.6 is 22.6 Å². The van der Waals surface area contributed by atoms with Crippen molar-refractivity contribution in [3.8, 4) is 0 Å². The zero-order chi connectivity index (χ0) is 17.0. The van der Waals surface area contributed by atoms with E-state index in [1.807, 2.05) is 0 Å². The number of aromatic nitrogens is 3. The number of imidazole rings is 2. The molecule has 2 heterocycles. The fourth-order valence-electron chi connectivity index (χ4n) is 4.57. The minimum Gasteiger partial charge on any atom is -0.306 e. The molecule has 2 aromatic carbocycles. The van der Waals surface area contributed by atoms with Crippen molar-refractivity contribution < 1.29 is 0 Å². The third-order valence-electron chi connectivity index (χ3n) is 5.72. The van der Waals surface area contributed by atoms with Crippen molar-refractivity contribution in [1.29, 1.82) is 0 Å². The predicted molar refractivity (Wildman–Crippen MR) is 112 cm³/mol. The van der Waals surface area contributed by atoms with Crippen LogP contribution in [0.3, 0.4) is 0 Å². The molecule has 0 spiro atoms. The number of fused-ring (bicyclic) bond motifs is 5. The van der Waals surface area contributed by atoms with Crippen LogP contribution < -0.4 is 0 Å². The molecule has 4 heteroatoms. The Bertz CT molecular complexity index is 1080. The number of nitrogens with zero attached hydrogens (tertiary/aromatic N) is 3. The van der Waals surface area contributed by atoms with Gasteiger partial charge in [0.2, 0.25) is 5.78 Å². The lowest BCUT2D eigenvalue weighted by atomic mass is 10.00. The lowest BCUT2D eigenvalue weighted by Gasteiger charge is -2.20. The maximum absolute atomic E-state index is 5.04. The highest BCUT2D eigenvalue weighted by Gasteiger charge is 2.24. The highest BCUT2D eigenvalue weighted by atomic mass is 127. The van der Waals surface area contributed by atoms with Gasteiger partial charge in [0.15, 0.2) is 0 Å². The van der Waals surface area contributed by atoms with Crippen LogP contribution in [0.4, 0.5) is 0 Å². The van der Waals surface area contributed by atoms with E-state index < -0.39 is 0 Å². The Morgan fingerprint density at radius 3 is 2.76 bits per heavy atom. The van der Waals surface area contributed by atoms with Gasteiger partial charge in [0.25, 0.3) is 0 Å². The van der Waals surface area contributed by atoms with Crippen molar-refractivity contribution in [1.82, 2.24) is 14.0 Å². The van der Waals surface area contributed by atoms with Crippen LogP contribution in [-0.4, -0.2) is 14.0 Å². The second kappa shape index (κ2) is 6.01. The molecule has 0 saturated heterocycles. The second-order valence-electron chi connectivity index (χ2n) is 7.52. The van der Waals surface area contributed by atoms with Crippen molar-refractivity contribution in [3.63, 3.8) is 0 Å². The molecule has 1 fully saturated rings. The van der Waals surface area contributed by atoms with Gasteiger partial charge in [0, 0.05) is 9.61 Å². The van der Waals surface area contributed by atoms with Crippen LogP contribution in [0, 0.1) is 9.49 Å². The Morgan fingerprint density at radius 2 is 1.84 bits per heavy atom. The molecule has 5 rings (SSSR count). The zero-order valence-corrected chi connectivity index (χ0v) is 16.6. The van der Waals surface area contributed by atoms with Crippen molar-refractivity contribution >= 4 is 50.4 Å². The van der Waals surface area contributed by atoms with E-state index in [9.17, 15) is 0 Å². The van der Waals surface area contributed by atoms with E-state index in [1.54, 1.807) is 0 Å². The highest BCUT2D eigenvalue weighted by molar-refractivity contribution is 14.1. The predicted octanol–water partition coefficient (Wildman–Crippen LogP) is 6.19. The number of halogens is 1. The first kappa shape index (κ1) is 15.7. The van der Waals surface area contributed by atoms with E-state index in [1.165, 1.54) is 52.2 Å². The summed E-state index contributed by atoms with van der Waals surface area (Å²) in [7, 11) is 0. The van der Waals surface area contributed by atoms with Crippen LogP contribution in [0.5, 0.6) is 0 Å². The third-order valence-corrected chi connectivity index (χ3v) is 6.39. The maximum Gasteiger partial charge on any atom is 0.216 e. The minimum atomic E-state index is 0.550. The minimum absolute atomic E-state index is 0.550. The molecule has 1 unspecified atom stereocenters. The van der Waals surface area contributed by atoms with E-state index in [-0.39, 0.29) is 0 Å². The standard InChI is InChI=1S/C21H22IN3/c1-14-6-2-3-7-16(12-14)24-19-11-10-15(22)13-20(19)25-18-9-5-4-8-17(18)23-21(24)25/h4-5,8-11,13-14,16H,2-3,6-7,12H2,1H3/t14-,16?/m1/s1. The van der Waals surface area contributed by atoms with Crippen molar-refractivity contribution in [2.45, 2.75) is 45.1 Å². The summed E-state index contributed by atoms with van der Waals surface area (Å²) in [5.74, 6) is 1.90. The fourth-order valence-corrected chi connectivity index (χ4v) is 5.04. The number of hydrogen-bond donors (Lipinski definition) is 0. The van der Waals surface area contributed by atoms with Gasteiger partial charge in [-0.15, -0.1) is 0 Å². The molecule has 0 amide bonds. The molecule has 1 saturated carbocycles. The van der Waals surface area contributed by atoms with Gasteiger partial charge in [-0.3, -0.25) is 4.40 Å². The summed E-state index contributed by atoms with van der Waals surface area (Å²) < 4.78 is 6.17. The number of benzene rings is 2. The number of rotatable bonds is 1. The summed E-state index contributed by atoms with van der Waals surface area (Å²) in [6.07, 6.45) is 6.57. The third kappa shape index (κ3) is 2.48. The average Bonchev–Trinajstić information content (AvgIpc) is 3.03. The van der Waals surface area contributed by atoms with E-state index in [0.717, 1.165) is 17.2 Å². The van der Waals surface area contributed by atoms with Crippen LogP contribution in [0.2, 0.25) is 0 Å². The average molecular weight is 443 g/mol. The monoisotopic (exact) mass is 443 g/mol. The maximum atomic E-state index is 5.04. The molecule has 1 aliphatic rings. The largest absolute Gasteiger partial charge is 0.306 e. The molecule has 0 bridgehead atoms. The summed E-state index contributed by atoms with van der Waals surface area (Å²) in [4.78, 5) is 5.04. The van der Waals surface area contributed by atoms with Gasteiger partial charge >= 0.3 is 0 Å².